The third kappa shape index (κ3) is 3.42. The molecule has 0 aliphatic carbocycles. The van der Waals surface area contributed by atoms with Crippen molar-refractivity contribution in [1.29, 1.82) is 0 Å². The van der Waals surface area contributed by atoms with Crippen LogP contribution in [-0.2, 0) is 6.54 Å². The zero-order valence-corrected chi connectivity index (χ0v) is 13.5. The molecule has 0 aliphatic rings. The molecule has 0 saturated carbocycles. The molecule has 0 aliphatic heterocycles. The molecular weight excluding hydrogens is 326 g/mol. The van der Waals surface area contributed by atoms with Crippen molar-refractivity contribution in [3.05, 3.63) is 38.5 Å². The molecule has 102 valence electrons. The van der Waals surface area contributed by atoms with Gasteiger partial charge in [0.2, 0.25) is 0 Å². The van der Waals surface area contributed by atoms with Crippen LogP contribution in [-0.4, -0.2) is 14.2 Å². The fourth-order valence-electron chi connectivity index (χ4n) is 1.80. The van der Waals surface area contributed by atoms with Crippen molar-refractivity contribution in [2.75, 3.05) is 19.5 Å². The first-order valence-corrected chi connectivity index (χ1v) is 7.45. The predicted molar refractivity (Wildman–Crippen MR) is 83.6 cm³/mol. The van der Waals surface area contributed by atoms with Crippen LogP contribution in [0.4, 0.5) is 5.69 Å². The molecule has 2 rings (SSSR count). The molecule has 0 atom stereocenters. The number of anilines is 1. The van der Waals surface area contributed by atoms with E-state index in [1.807, 2.05) is 12.1 Å². The monoisotopic (exact) mass is 341 g/mol. The average Bonchev–Trinajstić information content (AvgIpc) is 2.82. The molecule has 19 heavy (non-hydrogen) atoms. The van der Waals surface area contributed by atoms with Crippen molar-refractivity contribution in [2.45, 2.75) is 13.5 Å². The summed E-state index contributed by atoms with van der Waals surface area (Å²) in [7, 11) is 3.29. The Kier molecular flexibility index (Phi) is 4.71. The summed E-state index contributed by atoms with van der Waals surface area (Å²) in [6.45, 7) is 2.85. The molecule has 1 aromatic heterocycles. The molecule has 1 aromatic carbocycles. The van der Waals surface area contributed by atoms with Gasteiger partial charge in [-0.25, -0.2) is 0 Å². The van der Waals surface area contributed by atoms with E-state index in [4.69, 9.17) is 9.47 Å². The van der Waals surface area contributed by atoms with Gasteiger partial charge >= 0.3 is 0 Å². The zero-order valence-electron chi connectivity index (χ0n) is 11.1. The van der Waals surface area contributed by atoms with E-state index in [0.717, 1.165) is 33.1 Å². The van der Waals surface area contributed by atoms with Gasteiger partial charge in [0.25, 0.3) is 0 Å². The van der Waals surface area contributed by atoms with Crippen molar-refractivity contribution < 1.29 is 9.47 Å². The van der Waals surface area contributed by atoms with Crippen LogP contribution in [0.2, 0.25) is 0 Å². The standard InChI is InChI=1S/C14H16BrNO2S/c1-9-6-12(17-2)13(18-3)7-11(9)16-8-10-4-5-14(15)19-10/h4-7,16H,8H2,1-3H3. The Morgan fingerprint density at radius 3 is 2.42 bits per heavy atom. The second-order valence-corrected chi connectivity index (χ2v) is 6.63. The van der Waals surface area contributed by atoms with E-state index in [1.165, 1.54) is 4.88 Å². The molecule has 5 heteroatoms. The van der Waals surface area contributed by atoms with Crippen molar-refractivity contribution in [1.82, 2.24) is 0 Å². The number of ether oxygens (including phenoxy) is 2. The van der Waals surface area contributed by atoms with E-state index in [9.17, 15) is 0 Å². The summed E-state index contributed by atoms with van der Waals surface area (Å²) < 4.78 is 11.7. The number of hydrogen-bond donors (Lipinski definition) is 1. The van der Waals surface area contributed by atoms with Gasteiger partial charge in [0.1, 0.15) is 0 Å². The quantitative estimate of drug-likeness (QED) is 0.871. The number of rotatable bonds is 5. The summed E-state index contributed by atoms with van der Waals surface area (Å²) in [4.78, 5) is 1.28. The Balaban J connectivity index is 2.15. The fraction of sp³-hybridized carbons (Fsp3) is 0.286. The van der Waals surface area contributed by atoms with Gasteiger partial charge in [-0.1, -0.05) is 0 Å². The lowest BCUT2D eigenvalue weighted by molar-refractivity contribution is 0.355. The number of aryl methyl sites for hydroxylation is 1. The first kappa shape index (κ1) is 14.2. The molecule has 1 heterocycles. The normalized spacial score (nSPS) is 10.3. The maximum atomic E-state index is 5.32. The smallest absolute Gasteiger partial charge is 0.162 e. The SMILES string of the molecule is COc1cc(C)c(NCc2ccc(Br)s2)cc1OC. The van der Waals surface area contributed by atoms with Gasteiger partial charge in [-0.3, -0.25) is 0 Å². The zero-order chi connectivity index (χ0) is 13.8. The largest absolute Gasteiger partial charge is 0.493 e. The van der Waals surface area contributed by atoms with Crippen LogP contribution in [0, 0.1) is 6.92 Å². The molecule has 0 spiro atoms. The van der Waals surface area contributed by atoms with Gasteiger partial charge in [0.15, 0.2) is 11.5 Å². The summed E-state index contributed by atoms with van der Waals surface area (Å²) >= 11 is 5.20. The number of benzene rings is 1. The van der Waals surface area contributed by atoms with Crippen LogP contribution in [0.5, 0.6) is 11.5 Å². The first-order chi connectivity index (χ1) is 9.13. The first-order valence-electron chi connectivity index (χ1n) is 5.84. The van der Waals surface area contributed by atoms with Crippen LogP contribution < -0.4 is 14.8 Å². The lowest BCUT2D eigenvalue weighted by Gasteiger charge is -2.13. The van der Waals surface area contributed by atoms with E-state index in [-0.39, 0.29) is 0 Å². The van der Waals surface area contributed by atoms with E-state index >= 15 is 0 Å². The molecule has 3 nitrogen and oxygen atoms in total. The highest BCUT2D eigenvalue weighted by Crippen LogP contribution is 2.33. The van der Waals surface area contributed by atoms with Gasteiger partial charge in [-0.15, -0.1) is 11.3 Å². The van der Waals surface area contributed by atoms with Crippen molar-refractivity contribution in [2.24, 2.45) is 0 Å². The maximum Gasteiger partial charge on any atom is 0.162 e. The molecule has 0 unspecified atom stereocenters. The number of hydrogen-bond acceptors (Lipinski definition) is 4. The Morgan fingerprint density at radius 1 is 1.16 bits per heavy atom. The highest BCUT2D eigenvalue weighted by atomic mass is 79.9. The predicted octanol–water partition coefficient (Wildman–Crippen LogP) is 4.45. The second kappa shape index (κ2) is 6.30. The van der Waals surface area contributed by atoms with E-state index in [1.54, 1.807) is 25.6 Å². The number of nitrogens with one attached hydrogen (secondary N) is 1. The minimum atomic E-state index is 0.739. The van der Waals surface area contributed by atoms with Gasteiger partial charge in [-0.2, -0.15) is 0 Å². The van der Waals surface area contributed by atoms with Crippen molar-refractivity contribution in [3.8, 4) is 11.5 Å². The van der Waals surface area contributed by atoms with Gasteiger partial charge in [-0.05, 0) is 46.6 Å². The van der Waals surface area contributed by atoms with E-state index < -0.39 is 0 Å². The Morgan fingerprint density at radius 2 is 1.84 bits per heavy atom. The summed E-state index contributed by atoms with van der Waals surface area (Å²) in [6, 6.07) is 8.11. The number of methoxy groups -OCH3 is 2. The molecule has 0 radical (unpaired) electrons. The third-order valence-electron chi connectivity index (χ3n) is 2.81. The van der Waals surface area contributed by atoms with Crippen molar-refractivity contribution >= 4 is 33.0 Å². The fourth-order valence-corrected chi connectivity index (χ4v) is 3.22. The highest BCUT2D eigenvalue weighted by molar-refractivity contribution is 9.11. The summed E-state index contributed by atoms with van der Waals surface area (Å²) in [5.74, 6) is 1.49. The van der Waals surface area contributed by atoms with E-state index in [2.05, 4.69) is 40.3 Å². The van der Waals surface area contributed by atoms with Gasteiger partial charge < -0.3 is 14.8 Å². The minimum Gasteiger partial charge on any atom is -0.493 e. The van der Waals surface area contributed by atoms with Crippen LogP contribution >= 0.6 is 27.3 Å². The summed E-state index contributed by atoms with van der Waals surface area (Å²) in [5, 5.41) is 3.42. The molecular formula is C14H16BrNO2S. The van der Waals surface area contributed by atoms with Crippen molar-refractivity contribution in [3.63, 3.8) is 0 Å². The summed E-state index contributed by atoms with van der Waals surface area (Å²) in [6.07, 6.45) is 0. The van der Waals surface area contributed by atoms with Crippen LogP contribution in [0.3, 0.4) is 0 Å². The van der Waals surface area contributed by atoms with Crippen LogP contribution in [0.15, 0.2) is 28.1 Å². The maximum absolute atomic E-state index is 5.32. The minimum absolute atomic E-state index is 0.739. The van der Waals surface area contributed by atoms with Crippen LogP contribution in [0.25, 0.3) is 0 Å². The number of halogens is 1. The molecule has 0 bridgehead atoms. The Labute approximate surface area is 125 Å². The van der Waals surface area contributed by atoms with Gasteiger partial charge in [0, 0.05) is 23.2 Å². The topological polar surface area (TPSA) is 30.5 Å². The molecule has 0 saturated heterocycles. The van der Waals surface area contributed by atoms with E-state index in [0.29, 0.717) is 0 Å². The molecule has 0 fully saturated rings. The second-order valence-electron chi connectivity index (χ2n) is 4.08. The van der Waals surface area contributed by atoms with Crippen LogP contribution in [0.1, 0.15) is 10.4 Å². The molecule has 0 amide bonds. The summed E-state index contributed by atoms with van der Waals surface area (Å²) in [5.41, 5.74) is 2.19. The molecule has 1 N–H and O–H groups in total. The third-order valence-corrected chi connectivity index (χ3v) is 4.44. The Hall–Kier alpha value is -1.20. The highest BCUT2D eigenvalue weighted by Gasteiger charge is 2.08. The molecule has 2 aromatic rings. The lowest BCUT2D eigenvalue weighted by atomic mass is 10.1. The van der Waals surface area contributed by atoms with Gasteiger partial charge in [0.05, 0.1) is 18.0 Å². The average molecular weight is 342 g/mol. The lowest BCUT2D eigenvalue weighted by Crippen LogP contribution is -2.01. The number of thiophene rings is 1. The Bertz CT molecular complexity index is 569.